The van der Waals surface area contributed by atoms with Gasteiger partial charge in [0.15, 0.2) is 11.6 Å². The molecule has 0 atom stereocenters. The highest BCUT2D eigenvalue weighted by Crippen LogP contribution is 2.27. The van der Waals surface area contributed by atoms with E-state index in [2.05, 4.69) is 5.10 Å². The van der Waals surface area contributed by atoms with Crippen molar-refractivity contribution in [2.24, 2.45) is 11.7 Å². The maximum atomic E-state index is 14.1. The molecule has 0 unspecified atom stereocenters. The lowest BCUT2D eigenvalue weighted by Crippen LogP contribution is -2.32. The van der Waals surface area contributed by atoms with Gasteiger partial charge >= 0.3 is 0 Å². The van der Waals surface area contributed by atoms with Crippen LogP contribution in [0.1, 0.15) is 25.0 Å². The monoisotopic (exact) mass is 385 g/mol. The second-order valence-electron chi connectivity index (χ2n) is 6.21. The van der Waals surface area contributed by atoms with Gasteiger partial charge in [0.05, 0.1) is 12.8 Å². The predicted molar refractivity (Wildman–Crippen MR) is 101 cm³/mol. The summed E-state index contributed by atoms with van der Waals surface area (Å²) in [4.78, 5) is 12.6. The van der Waals surface area contributed by atoms with Crippen molar-refractivity contribution in [1.29, 1.82) is 0 Å². The number of hydrogen-bond donors (Lipinski definition) is 2. The van der Waals surface area contributed by atoms with E-state index in [1.54, 1.807) is 6.07 Å². The number of methoxy groups -OCH3 is 1. The van der Waals surface area contributed by atoms with E-state index in [4.69, 9.17) is 10.5 Å². The molecule has 0 fully saturated rings. The first kappa shape index (κ1) is 22.1. The minimum Gasteiger partial charge on any atom is -0.494 e. The Kier molecular flexibility index (Phi) is 8.20. The van der Waals surface area contributed by atoms with Crippen LogP contribution in [0.3, 0.4) is 0 Å². The van der Waals surface area contributed by atoms with E-state index in [1.807, 2.05) is 13.8 Å². The second kappa shape index (κ2) is 9.66. The molecule has 2 rings (SSSR count). The molecule has 26 heavy (non-hydrogen) atoms. The third kappa shape index (κ3) is 4.60. The smallest absolute Gasteiger partial charge is 0.271 e. The number of nitrogens with two attached hydrogens (primary N) is 1. The molecule has 0 aliphatic rings. The average Bonchev–Trinajstić information content (AvgIpc) is 2.57. The first-order valence-electron chi connectivity index (χ1n) is 8.20. The van der Waals surface area contributed by atoms with Crippen molar-refractivity contribution in [2.45, 2.75) is 33.4 Å². The molecule has 6 nitrogen and oxygen atoms in total. The first-order chi connectivity index (χ1) is 11.9. The van der Waals surface area contributed by atoms with Crippen molar-refractivity contribution in [3.63, 3.8) is 0 Å². The van der Waals surface area contributed by atoms with Crippen molar-refractivity contribution in [2.75, 3.05) is 13.7 Å². The van der Waals surface area contributed by atoms with Gasteiger partial charge in [-0.3, -0.25) is 4.79 Å². The molecule has 0 saturated heterocycles. The topological polar surface area (TPSA) is 90.4 Å². The van der Waals surface area contributed by atoms with Gasteiger partial charge in [-0.05, 0) is 36.1 Å². The molecule has 144 valence electrons. The van der Waals surface area contributed by atoms with E-state index in [0.717, 1.165) is 0 Å². The van der Waals surface area contributed by atoms with Crippen LogP contribution in [-0.2, 0) is 19.5 Å². The van der Waals surface area contributed by atoms with Crippen LogP contribution >= 0.6 is 12.4 Å². The number of aromatic nitrogens is 2. The molecule has 0 aliphatic carbocycles. The standard InChI is InChI=1S/C18H24FN3O3.ClH/c1-11(2)10-22-18(24)14(9-20)13(6-7-23)17(21-22)12-4-5-16(25-3)15(19)8-12;/h4-5,8,11,23H,6-7,9-10,20H2,1-3H3;1H. The highest BCUT2D eigenvalue weighted by Gasteiger charge is 2.19. The zero-order valence-electron chi connectivity index (χ0n) is 15.2. The van der Waals surface area contributed by atoms with Crippen LogP contribution in [0.5, 0.6) is 5.75 Å². The minimum atomic E-state index is -0.521. The normalized spacial score (nSPS) is 10.7. The summed E-state index contributed by atoms with van der Waals surface area (Å²) in [5.74, 6) is -0.186. The van der Waals surface area contributed by atoms with Gasteiger partial charge in [0.25, 0.3) is 5.56 Å². The van der Waals surface area contributed by atoms with Crippen LogP contribution < -0.4 is 16.0 Å². The first-order valence-corrected chi connectivity index (χ1v) is 8.20. The van der Waals surface area contributed by atoms with E-state index in [1.165, 1.54) is 23.9 Å². The van der Waals surface area contributed by atoms with Crippen molar-refractivity contribution in [1.82, 2.24) is 9.78 Å². The Morgan fingerprint density at radius 2 is 2.04 bits per heavy atom. The molecule has 8 heteroatoms. The van der Waals surface area contributed by atoms with Crippen LogP contribution in [0.2, 0.25) is 0 Å². The average molecular weight is 386 g/mol. The second-order valence-corrected chi connectivity index (χ2v) is 6.21. The summed E-state index contributed by atoms with van der Waals surface area (Å²) >= 11 is 0. The Morgan fingerprint density at radius 1 is 1.35 bits per heavy atom. The summed E-state index contributed by atoms with van der Waals surface area (Å²) in [5.41, 5.74) is 7.44. The maximum absolute atomic E-state index is 14.1. The van der Waals surface area contributed by atoms with Crippen LogP contribution in [0, 0.1) is 11.7 Å². The molecule has 0 aliphatic heterocycles. The SMILES string of the molecule is COc1ccc(-c2nn(CC(C)C)c(=O)c(CN)c2CCO)cc1F.Cl. The van der Waals surface area contributed by atoms with E-state index < -0.39 is 5.82 Å². The van der Waals surface area contributed by atoms with Crippen molar-refractivity contribution >= 4 is 12.4 Å². The van der Waals surface area contributed by atoms with Gasteiger partial charge in [-0.1, -0.05) is 13.8 Å². The molecule has 0 amide bonds. The number of benzene rings is 1. The third-order valence-corrected chi connectivity index (χ3v) is 3.89. The molecule has 0 bridgehead atoms. The summed E-state index contributed by atoms with van der Waals surface area (Å²) in [7, 11) is 1.39. The van der Waals surface area contributed by atoms with Crippen LogP contribution in [0.15, 0.2) is 23.0 Å². The molecule has 3 N–H and O–H groups in total. The van der Waals surface area contributed by atoms with Crippen molar-refractivity contribution < 1.29 is 14.2 Å². The largest absolute Gasteiger partial charge is 0.494 e. The van der Waals surface area contributed by atoms with E-state index >= 15 is 0 Å². The Labute approximate surface area is 158 Å². The van der Waals surface area contributed by atoms with Crippen molar-refractivity contribution in [3.05, 3.63) is 45.5 Å². The Hall–Kier alpha value is -1.96. The maximum Gasteiger partial charge on any atom is 0.271 e. The number of halogens is 2. The Balaban J connectivity index is 0.00000338. The summed E-state index contributed by atoms with van der Waals surface area (Å²) in [6, 6.07) is 4.50. The van der Waals surface area contributed by atoms with Gasteiger partial charge in [-0.15, -0.1) is 12.4 Å². The highest BCUT2D eigenvalue weighted by atomic mass is 35.5. The predicted octanol–water partition coefficient (Wildman–Crippen LogP) is 2.13. The zero-order valence-corrected chi connectivity index (χ0v) is 16.0. The number of rotatable bonds is 7. The fraction of sp³-hybridized carbons (Fsp3) is 0.444. The number of aliphatic hydroxyl groups is 1. The van der Waals surface area contributed by atoms with Gasteiger partial charge in [0, 0.05) is 30.8 Å². The summed E-state index contributed by atoms with van der Waals surface area (Å²) in [6.07, 6.45) is 0.222. The summed E-state index contributed by atoms with van der Waals surface area (Å²) in [5, 5.41) is 13.8. The quantitative estimate of drug-likeness (QED) is 0.762. The third-order valence-electron chi connectivity index (χ3n) is 3.89. The number of hydrogen-bond acceptors (Lipinski definition) is 5. The Morgan fingerprint density at radius 3 is 2.54 bits per heavy atom. The van der Waals surface area contributed by atoms with E-state index in [9.17, 15) is 14.3 Å². The highest BCUT2D eigenvalue weighted by molar-refractivity contribution is 5.85. The fourth-order valence-electron chi connectivity index (χ4n) is 2.76. The molecule has 0 saturated carbocycles. The number of nitrogens with zero attached hydrogens (tertiary/aromatic N) is 2. The summed E-state index contributed by atoms with van der Waals surface area (Å²) in [6.45, 7) is 4.25. The number of aliphatic hydroxyl groups excluding tert-OH is 1. The van der Waals surface area contributed by atoms with Crippen LogP contribution in [0.4, 0.5) is 4.39 Å². The van der Waals surface area contributed by atoms with E-state index in [-0.39, 0.29) is 49.2 Å². The van der Waals surface area contributed by atoms with E-state index in [0.29, 0.717) is 28.9 Å². The molecule has 1 aromatic carbocycles. The van der Waals surface area contributed by atoms with Gasteiger partial charge in [0.1, 0.15) is 0 Å². The van der Waals surface area contributed by atoms with Crippen molar-refractivity contribution in [3.8, 4) is 17.0 Å². The molecular weight excluding hydrogens is 361 g/mol. The van der Waals surface area contributed by atoms with Gasteiger partial charge < -0.3 is 15.6 Å². The molecule has 2 aromatic rings. The molecule has 0 radical (unpaired) electrons. The van der Waals surface area contributed by atoms with Gasteiger partial charge in [0.2, 0.25) is 0 Å². The number of ether oxygens (including phenoxy) is 1. The minimum absolute atomic E-state index is 0. The lowest BCUT2D eigenvalue weighted by atomic mass is 9.99. The fourth-order valence-corrected chi connectivity index (χ4v) is 2.76. The lowest BCUT2D eigenvalue weighted by Gasteiger charge is -2.17. The lowest BCUT2D eigenvalue weighted by molar-refractivity contribution is 0.299. The van der Waals surface area contributed by atoms with Gasteiger partial charge in [-0.2, -0.15) is 5.10 Å². The van der Waals surface area contributed by atoms with Gasteiger partial charge in [-0.25, -0.2) is 9.07 Å². The molecule has 0 spiro atoms. The van der Waals surface area contributed by atoms with Crippen LogP contribution in [-0.4, -0.2) is 28.6 Å². The zero-order chi connectivity index (χ0) is 18.6. The summed E-state index contributed by atoms with van der Waals surface area (Å²) < 4.78 is 20.4. The molecule has 1 heterocycles. The molecule has 1 aromatic heterocycles. The Bertz CT molecular complexity index is 809. The molecular formula is C18H25ClFN3O3. The van der Waals surface area contributed by atoms with Crippen LogP contribution in [0.25, 0.3) is 11.3 Å².